The number of rotatable bonds is 6. The van der Waals surface area contributed by atoms with Gasteiger partial charge < -0.3 is 14.6 Å². The summed E-state index contributed by atoms with van der Waals surface area (Å²) in [4.78, 5) is 30.3. The number of methoxy groups -OCH3 is 1. The van der Waals surface area contributed by atoms with E-state index in [0.717, 1.165) is 54.4 Å². The summed E-state index contributed by atoms with van der Waals surface area (Å²) < 4.78 is 4.93. The first-order valence-corrected chi connectivity index (χ1v) is 10.7. The third kappa shape index (κ3) is 3.77. The molecule has 5 nitrogen and oxygen atoms in total. The molecule has 1 aliphatic heterocycles. The number of aromatic amines is 1. The van der Waals surface area contributed by atoms with Gasteiger partial charge in [-0.15, -0.1) is 0 Å². The van der Waals surface area contributed by atoms with Gasteiger partial charge in [-0.05, 0) is 12.0 Å². The van der Waals surface area contributed by atoms with Crippen molar-refractivity contribution in [2.45, 2.75) is 32.2 Å². The molecule has 1 saturated heterocycles. The molecule has 1 aliphatic rings. The highest BCUT2D eigenvalue weighted by molar-refractivity contribution is 6.10. The number of carbonyl (C=O) groups excluding carboxylic acids is 2. The Hall–Kier alpha value is -2.92. The maximum Gasteiger partial charge on any atom is 0.309 e. The van der Waals surface area contributed by atoms with Gasteiger partial charge in [0.15, 0.2) is 6.04 Å². The van der Waals surface area contributed by atoms with Gasteiger partial charge in [-0.1, -0.05) is 55.5 Å². The maximum absolute atomic E-state index is 13.9. The number of esters is 1. The number of hydrogen-bond acceptors (Lipinski definition) is 3. The Balaban J connectivity index is 1.68. The first-order chi connectivity index (χ1) is 14.6. The summed E-state index contributed by atoms with van der Waals surface area (Å²) in [5, 5.41) is 0.990. The third-order valence-electron chi connectivity index (χ3n) is 6.41. The summed E-state index contributed by atoms with van der Waals surface area (Å²) in [5.41, 5.74) is 4.04. The van der Waals surface area contributed by atoms with E-state index in [4.69, 9.17) is 4.74 Å². The molecule has 2 aromatic carbocycles. The number of carbonyl (C=O) groups is 2. The molecular formula is C25H29N2O3+. The molecule has 0 unspecified atom stereocenters. The van der Waals surface area contributed by atoms with Crippen LogP contribution in [0, 0.1) is 5.92 Å². The highest BCUT2D eigenvalue weighted by Crippen LogP contribution is 2.26. The average molecular weight is 406 g/mol. The van der Waals surface area contributed by atoms with Crippen LogP contribution in [-0.2, 0) is 16.0 Å². The molecule has 30 heavy (non-hydrogen) atoms. The molecule has 0 bridgehead atoms. The van der Waals surface area contributed by atoms with Crippen molar-refractivity contribution in [2.24, 2.45) is 5.92 Å². The summed E-state index contributed by atoms with van der Waals surface area (Å²) >= 11 is 0. The molecule has 0 aliphatic carbocycles. The van der Waals surface area contributed by atoms with Gasteiger partial charge in [0, 0.05) is 41.1 Å². The molecule has 2 N–H and O–H groups in total. The van der Waals surface area contributed by atoms with Crippen LogP contribution in [0.4, 0.5) is 0 Å². The summed E-state index contributed by atoms with van der Waals surface area (Å²) in [5.74, 6) is -0.0712. The number of quaternary nitrogens is 1. The van der Waals surface area contributed by atoms with Crippen LogP contribution in [0.25, 0.3) is 10.9 Å². The minimum absolute atomic E-state index is 0.0644. The fourth-order valence-electron chi connectivity index (χ4n) is 4.77. The lowest BCUT2D eigenvalue weighted by Crippen LogP contribution is -3.14. The molecular weight excluding hydrogens is 376 g/mol. The normalized spacial score (nSPS) is 20.1. The Morgan fingerprint density at radius 2 is 1.83 bits per heavy atom. The second-order valence-corrected chi connectivity index (χ2v) is 8.06. The number of likely N-dealkylation sites (tertiary alicyclic amines) is 1. The van der Waals surface area contributed by atoms with Gasteiger partial charge >= 0.3 is 5.97 Å². The van der Waals surface area contributed by atoms with Crippen molar-refractivity contribution in [3.8, 4) is 0 Å². The lowest BCUT2D eigenvalue weighted by atomic mass is 9.90. The molecule has 0 amide bonds. The highest BCUT2D eigenvalue weighted by atomic mass is 16.5. The van der Waals surface area contributed by atoms with Crippen molar-refractivity contribution < 1.29 is 19.2 Å². The van der Waals surface area contributed by atoms with Crippen LogP contribution in [0.3, 0.4) is 0 Å². The van der Waals surface area contributed by atoms with Crippen molar-refractivity contribution >= 4 is 22.7 Å². The van der Waals surface area contributed by atoms with Crippen LogP contribution >= 0.6 is 0 Å². The van der Waals surface area contributed by atoms with E-state index in [0.29, 0.717) is 0 Å². The fourth-order valence-corrected chi connectivity index (χ4v) is 4.77. The Morgan fingerprint density at radius 3 is 2.50 bits per heavy atom. The number of nitrogens with one attached hydrogen (secondary N) is 2. The first kappa shape index (κ1) is 20.4. The SMILES string of the molecule is CCc1cccc2c(C(=O)[C@@H](c3ccccc3)[NH+]3CCC(C(=O)OC)CC3)c[nH]c12. The van der Waals surface area contributed by atoms with Crippen LogP contribution in [0.1, 0.15) is 47.3 Å². The number of piperidine rings is 1. The van der Waals surface area contributed by atoms with E-state index in [2.05, 4.69) is 18.0 Å². The smallest absolute Gasteiger partial charge is 0.309 e. The van der Waals surface area contributed by atoms with Gasteiger partial charge in [0.2, 0.25) is 5.78 Å². The largest absolute Gasteiger partial charge is 0.469 e. The molecule has 3 aromatic rings. The van der Waals surface area contributed by atoms with Gasteiger partial charge in [-0.2, -0.15) is 0 Å². The standard InChI is InChI=1S/C25H28N2O3/c1-3-17-10-7-11-20-21(16-26-22(17)20)24(28)23(18-8-5-4-6-9-18)27-14-12-19(13-15-27)25(29)30-2/h4-11,16,19,23,26H,3,12-15H2,1-2H3/p+1/t23-/m1/s1. The summed E-state index contributed by atoms with van der Waals surface area (Å²) in [6.45, 7) is 3.67. The van der Waals surface area contributed by atoms with E-state index in [9.17, 15) is 9.59 Å². The number of hydrogen-bond donors (Lipinski definition) is 2. The summed E-state index contributed by atoms with van der Waals surface area (Å²) in [6, 6.07) is 15.9. The monoisotopic (exact) mass is 405 g/mol. The van der Waals surface area contributed by atoms with Crippen LogP contribution in [0.5, 0.6) is 0 Å². The second-order valence-electron chi connectivity index (χ2n) is 8.06. The molecule has 0 radical (unpaired) electrons. The minimum Gasteiger partial charge on any atom is -0.469 e. The maximum atomic E-state index is 13.9. The second kappa shape index (κ2) is 8.84. The van der Waals surface area contributed by atoms with E-state index >= 15 is 0 Å². The molecule has 2 heterocycles. The van der Waals surface area contributed by atoms with Gasteiger partial charge in [0.1, 0.15) is 0 Å². The van der Waals surface area contributed by atoms with Gasteiger partial charge in [0.05, 0.1) is 26.1 Å². The van der Waals surface area contributed by atoms with E-state index in [1.54, 1.807) is 0 Å². The number of aromatic nitrogens is 1. The number of benzene rings is 2. The van der Waals surface area contributed by atoms with Gasteiger partial charge in [0.25, 0.3) is 0 Å². The van der Waals surface area contributed by atoms with E-state index < -0.39 is 0 Å². The summed E-state index contributed by atoms with van der Waals surface area (Å²) in [6.07, 6.45) is 4.27. The number of Topliss-reactive ketones (excluding diaryl/α,β-unsaturated/α-hetero) is 1. The van der Waals surface area contributed by atoms with E-state index in [1.807, 2.05) is 48.7 Å². The van der Waals surface area contributed by atoms with Crippen LogP contribution in [-0.4, -0.2) is 36.9 Å². The lowest BCUT2D eigenvalue weighted by Gasteiger charge is -2.33. The molecule has 0 saturated carbocycles. The molecule has 1 aromatic heterocycles. The average Bonchev–Trinajstić information content (AvgIpc) is 3.24. The van der Waals surface area contributed by atoms with Crippen molar-refractivity contribution in [2.75, 3.05) is 20.2 Å². The van der Waals surface area contributed by atoms with Crippen LogP contribution in [0.2, 0.25) is 0 Å². The topological polar surface area (TPSA) is 63.6 Å². The predicted molar refractivity (Wildman–Crippen MR) is 117 cm³/mol. The Morgan fingerprint density at radius 1 is 1.10 bits per heavy atom. The van der Waals surface area contributed by atoms with Crippen molar-refractivity contribution in [3.63, 3.8) is 0 Å². The van der Waals surface area contributed by atoms with E-state index in [-0.39, 0.29) is 23.7 Å². The van der Waals surface area contributed by atoms with Crippen molar-refractivity contribution in [1.82, 2.24) is 4.98 Å². The summed E-state index contributed by atoms with van der Waals surface area (Å²) in [7, 11) is 1.44. The quantitative estimate of drug-likeness (QED) is 0.489. The first-order valence-electron chi connectivity index (χ1n) is 10.7. The molecule has 4 rings (SSSR count). The van der Waals surface area contributed by atoms with Crippen molar-refractivity contribution in [1.29, 1.82) is 0 Å². The number of ketones is 1. The number of ether oxygens (including phenoxy) is 1. The number of para-hydroxylation sites is 1. The Labute approximate surface area is 177 Å². The fraction of sp³-hybridized carbons (Fsp3) is 0.360. The van der Waals surface area contributed by atoms with Gasteiger partial charge in [-0.25, -0.2) is 0 Å². The van der Waals surface area contributed by atoms with Crippen molar-refractivity contribution in [3.05, 3.63) is 71.4 Å². The van der Waals surface area contributed by atoms with Crippen LogP contribution in [0.15, 0.2) is 54.7 Å². The number of H-pyrrole nitrogens is 1. The zero-order chi connectivity index (χ0) is 21.1. The predicted octanol–water partition coefficient (Wildman–Crippen LogP) is 3.12. The zero-order valence-corrected chi connectivity index (χ0v) is 17.6. The molecule has 0 spiro atoms. The number of aryl methyl sites for hydroxylation is 1. The Kier molecular flexibility index (Phi) is 6.00. The Bertz CT molecular complexity index is 1030. The number of fused-ring (bicyclic) bond motifs is 1. The van der Waals surface area contributed by atoms with Crippen LogP contribution < -0.4 is 4.90 Å². The zero-order valence-electron chi connectivity index (χ0n) is 17.6. The minimum atomic E-state index is -0.283. The molecule has 156 valence electrons. The molecule has 1 fully saturated rings. The highest BCUT2D eigenvalue weighted by Gasteiger charge is 2.37. The molecule has 5 heteroatoms. The lowest BCUT2D eigenvalue weighted by molar-refractivity contribution is -0.926. The molecule has 1 atom stereocenters. The van der Waals surface area contributed by atoms with Gasteiger partial charge in [-0.3, -0.25) is 9.59 Å². The van der Waals surface area contributed by atoms with E-state index in [1.165, 1.54) is 17.6 Å². The third-order valence-corrected chi connectivity index (χ3v) is 6.41.